The molecule has 0 saturated heterocycles. The molecule has 0 unspecified atom stereocenters. The molecule has 5 heteroatoms. The van der Waals surface area contributed by atoms with Gasteiger partial charge in [0.2, 0.25) is 0 Å². The van der Waals surface area contributed by atoms with Gasteiger partial charge in [-0.2, -0.15) is 15.8 Å². The zero-order valence-corrected chi connectivity index (χ0v) is 26.7. The summed E-state index contributed by atoms with van der Waals surface area (Å²) in [7, 11) is 0. The van der Waals surface area contributed by atoms with Crippen LogP contribution in [0.5, 0.6) is 0 Å². The van der Waals surface area contributed by atoms with Gasteiger partial charge >= 0.3 is 0 Å². The van der Waals surface area contributed by atoms with Gasteiger partial charge in [0.15, 0.2) is 0 Å². The molecule has 2 heterocycles. The summed E-state index contributed by atoms with van der Waals surface area (Å²) in [6, 6.07) is 58.0. The lowest BCUT2D eigenvalue weighted by Gasteiger charge is -2.15. The maximum absolute atomic E-state index is 10.4. The molecule has 0 saturated carbocycles. The highest BCUT2D eigenvalue weighted by Crippen LogP contribution is 2.38. The van der Waals surface area contributed by atoms with E-state index >= 15 is 0 Å². The van der Waals surface area contributed by atoms with Crippen molar-refractivity contribution < 1.29 is 0 Å². The molecule has 0 aliphatic carbocycles. The summed E-state index contributed by atoms with van der Waals surface area (Å²) in [5.41, 5.74) is 11.3. The Balaban J connectivity index is 1.15. The molecular weight excluding hydrogens is 611 g/mol. The Bertz CT molecular complexity index is 2900. The Morgan fingerprint density at radius 3 is 1.72 bits per heavy atom. The monoisotopic (exact) mass is 635 g/mol. The molecule has 0 spiro atoms. The topological polar surface area (TPSA) is 81.2 Å². The molecule has 9 aromatic rings. The highest BCUT2D eigenvalue weighted by atomic mass is 15.0. The SMILES string of the molecule is N#Cc1ccc2c(c1)c1cccc(C#N)c1n2-c1ccc(-c2ccc(-c3ccccc3-n3c4ccccc4c4ccccc43)cc2)cc1C#N. The Morgan fingerprint density at radius 1 is 0.380 bits per heavy atom. The highest BCUT2D eigenvalue weighted by molar-refractivity contribution is 6.12. The maximum atomic E-state index is 10.4. The van der Waals surface area contributed by atoms with Gasteiger partial charge in [-0.15, -0.1) is 0 Å². The molecule has 230 valence electrons. The largest absolute Gasteiger partial charge is 0.309 e. The van der Waals surface area contributed by atoms with Crippen LogP contribution in [0.3, 0.4) is 0 Å². The van der Waals surface area contributed by atoms with E-state index in [-0.39, 0.29) is 0 Å². The van der Waals surface area contributed by atoms with Gasteiger partial charge in [0.25, 0.3) is 0 Å². The first-order chi connectivity index (χ1) is 24.7. The van der Waals surface area contributed by atoms with Crippen molar-refractivity contribution in [2.75, 3.05) is 0 Å². The Hall–Kier alpha value is -7.39. The van der Waals surface area contributed by atoms with E-state index in [2.05, 4.69) is 120 Å². The van der Waals surface area contributed by atoms with Gasteiger partial charge in [-0.3, -0.25) is 0 Å². The third-order valence-electron chi connectivity index (χ3n) is 9.65. The van der Waals surface area contributed by atoms with E-state index < -0.39 is 0 Å². The van der Waals surface area contributed by atoms with Crippen molar-refractivity contribution in [1.29, 1.82) is 15.8 Å². The van der Waals surface area contributed by atoms with Crippen molar-refractivity contribution in [2.45, 2.75) is 0 Å². The molecule has 0 aliphatic rings. The van der Waals surface area contributed by atoms with Crippen LogP contribution in [-0.4, -0.2) is 9.13 Å². The molecule has 7 aromatic carbocycles. The fourth-order valence-electron chi connectivity index (χ4n) is 7.42. The lowest BCUT2D eigenvalue weighted by atomic mass is 9.97. The van der Waals surface area contributed by atoms with E-state index in [9.17, 15) is 15.8 Å². The predicted molar refractivity (Wildman–Crippen MR) is 200 cm³/mol. The number of hydrogen-bond acceptors (Lipinski definition) is 3. The van der Waals surface area contributed by atoms with Crippen LogP contribution in [0.15, 0.2) is 152 Å². The van der Waals surface area contributed by atoms with Gasteiger partial charge in [0, 0.05) is 27.1 Å². The van der Waals surface area contributed by atoms with E-state index in [4.69, 9.17) is 0 Å². The quantitative estimate of drug-likeness (QED) is 0.193. The van der Waals surface area contributed by atoms with Crippen LogP contribution in [0.4, 0.5) is 0 Å². The van der Waals surface area contributed by atoms with Crippen molar-refractivity contribution in [3.63, 3.8) is 0 Å². The predicted octanol–water partition coefficient (Wildman–Crippen LogP) is 10.8. The van der Waals surface area contributed by atoms with Crippen molar-refractivity contribution >= 4 is 43.6 Å². The van der Waals surface area contributed by atoms with Gasteiger partial charge in [0.1, 0.15) is 12.1 Å². The van der Waals surface area contributed by atoms with Gasteiger partial charge in [-0.1, -0.05) is 97.1 Å². The van der Waals surface area contributed by atoms with E-state index in [1.165, 1.54) is 10.8 Å². The molecule has 50 heavy (non-hydrogen) atoms. The average molecular weight is 636 g/mol. The fourth-order valence-corrected chi connectivity index (χ4v) is 7.42. The smallest absolute Gasteiger partial charge is 0.101 e. The second-order valence-corrected chi connectivity index (χ2v) is 12.3. The molecule has 0 amide bonds. The Labute approximate surface area is 287 Å². The van der Waals surface area contributed by atoms with Gasteiger partial charge in [0.05, 0.1) is 56.2 Å². The molecule has 0 fully saturated rings. The minimum Gasteiger partial charge on any atom is -0.309 e. The Morgan fingerprint density at radius 2 is 1.00 bits per heavy atom. The summed E-state index contributed by atoms with van der Waals surface area (Å²) in [4.78, 5) is 0. The minimum absolute atomic E-state index is 0.485. The van der Waals surface area contributed by atoms with Gasteiger partial charge < -0.3 is 9.13 Å². The first-order valence-electron chi connectivity index (χ1n) is 16.3. The first kappa shape index (κ1) is 28.8. The highest BCUT2D eigenvalue weighted by Gasteiger charge is 2.19. The van der Waals surface area contributed by atoms with Crippen molar-refractivity contribution in [1.82, 2.24) is 9.13 Å². The second kappa shape index (κ2) is 11.4. The van der Waals surface area contributed by atoms with Crippen LogP contribution in [0.2, 0.25) is 0 Å². The van der Waals surface area contributed by atoms with E-state index in [1.54, 1.807) is 12.1 Å². The van der Waals surface area contributed by atoms with E-state index in [1.807, 2.05) is 47.0 Å². The Kier molecular flexibility index (Phi) is 6.56. The third kappa shape index (κ3) is 4.31. The lowest BCUT2D eigenvalue weighted by molar-refractivity contribution is 1.16. The lowest BCUT2D eigenvalue weighted by Crippen LogP contribution is -1.99. The van der Waals surface area contributed by atoms with Crippen LogP contribution in [0, 0.1) is 34.0 Å². The van der Waals surface area contributed by atoms with Gasteiger partial charge in [-0.05, 0) is 71.3 Å². The number of nitrogens with zero attached hydrogens (tertiary/aromatic N) is 5. The summed E-state index contributed by atoms with van der Waals surface area (Å²) in [6.07, 6.45) is 0. The number of nitriles is 3. The standard InChI is InChI=1S/C45H25N5/c46-26-29-16-22-44-39(24-29)38-12-7-8-33(27-47)45(38)50(44)40-23-21-32(25-34(40)28-48)30-17-19-31(20-18-30)35-9-1-4-13-41(35)49-42-14-5-2-10-36(42)37-11-3-6-15-43(37)49/h1-25H. The minimum atomic E-state index is 0.485. The van der Waals surface area contributed by atoms with Crippen molar-refractivity contribution in [3.05, 3.63) is 168 Å². The molecule has 5 nitrogen and oxygen atoms in total. The zero-order chi connectivity index (χ0) is 33.8. The van der Waals surface area contributed by atoms with Crippen LogP contribution in [-0.2, 0) is 0 Å². The number of aromatic nitrogens is 2. The third-order valence-corrected chi connectivity index (χ3v) is 9.65. The number of para-hydroxylation sites is 4. The summed E-state index contributed by atoms with van der Waals surface area (Å²) < 4.78 is 4.32. The molecule has 0 N–H and O–H groups in total. The van der Waals surface area contributed by atoms with Crippen LogP contribution in [0.25, 0.3) is 77.2 Å². The van der Waals surface area contributed by atoms with Crippen molar-refractivity contribution in [2.24, 2.45) is 0 Å². The zero-order valence-electron chi connectivity index (χ0n) is 26.7. The number of fused-ring (bicyclic) bond motifs is 6. The molecule has 0 radical (unpaired) electrons. The first-order valence-corrected chi connectivity index (χ1v) is 16.3. The summed E-state index contributed by atoms with van der Waals surface area (Å²) >= 11 is 0. The van der Waals surface area contributed by atoms with Crippen LogP contribution >= 0.6 is 0 Å². The molecule has 0 atom stereocenters. The van der Waals surface area contributed by atoms with Crippen LogP contribution < -0.4 is 0 Å². The molecular formula is C45H25N5. The number of hydrogen-bond donors (Lipinski definition) is 0. The molecule has 9 rings (SSSR count). The normalized spacial score (nSPS) is 11.1. The number of benzene rings is 7. The van der Waals surface area contributed by atoms with Gasteiger partial charge in [-0.25, -0.2) is 0 Å². The summed E-state index contributed by atoms with van der Waals surface area (Å²) in [5, 5.41) is 34.2. The molecule has 0 bridgehead atoms. The number of rotatable bonds is 4. The van der Waals surface area contributed by atoms with E-state index in [0.29, 0.717) is 22.4 Å². The summed E-state index contributed by atoms with van der Waals surface area (Å²) in [6.45, 7) is 0. The second-order valence-electron chi connectivity index (χ2n) is 12.3. The van der Waals surface area contributed by atoms with Crippen molar-refractivity contribution in [3.8, 4) is 51.8 Å². The maximum Gasteiger partial charge on any atom is 0.101 e. The fraction of sp³-hybridized carbons (Fsp3) is 0. The molecule has 0 aliphatic heterocycles. The van der Waals surface area contributed by atoms with E-state index in [0.717, 1.165) is 60.8 Å². The van der Waals surface area contributed by atoms with Crippen LogP contribution in [0.1, 0.15) is 16.7 Å². The summed E-state index contributed by atoms with van der Waals surface area (Å²) in [5.74, 6) is 0. The molecule has 2 aromatic heterocycles. The average Bonchev–Trinajstić information content (AvgIpc) is 3.70.